The zero-order chi connectivity index (χ0) is 12.3. The van der Waals surface area contributed by atoms with E-state index < -0.39 is 0 Å². The van der Waals surface area contributed by atoms with Gasteiger partial charge in [-0.05, 0) is 25.0 Å². The van der Waals surface area contributed by atoms with E-state index in [9.17, 15) is 9.59 Å². The van der Waals surface area contributed by atoms with E-state index >= 15 is 0 Å². The lowest BCUT2D eigenvalue weighted by Crippen LogP contribution is -2.28. The highest BCUT2D eigenvalue weighted by Gasteiger charge is 2.26. The molecule has 1 aliphatic rings. The minimum Gasteiger partial charge on any atom is -0.469 e. The Kier molecular flexibility index (Phi) is 3.46. The van der Waals surface area contributed by atoms with Gasteiger partial charge in [0.05, 0.1) is 13.5 Å². The van der Waals surface area contributed by atoms with E-state index in [2.05, 4.69) is 10.1 Å². The fourth-order valence-electron chi connectivity index (χ4n) is 1.73. The molecular weight excluding hydrogens is 220 g/mol. The van der Waals surface area contributed by atoms with Crippen LogP contribution < -0.4 is 5.32 Å². The minimum atomic E-state index is -0.317. The fourth-order valence-corrected chi connectivity index (χ4v) is 1.73. The quantitative estimate of drug-likeness (QED) is 0.779. The number of aromatic nitrogens is 1. The van der Waals surface area contributed by atoms with Gasteiger partial charge in [0.1, 0.15) is 5.69 Å². The second kappa shape index (κ2) is 5.03. The molecule has 1 amide bonds. The smallest absolute Gasteiger partial charge is 0.307 e. The van der Waals surface area contributed by atoms with Crippen LogP contribution in [0.5, 0.6) is 0 Å². The van der Waals surface area contributed by atoms with Crippen LogP contribution in [-0.4, -0.2) is 30.1 Å². The summed E-state index contributed by atoms with van der Waals surface area (Å²) in [5, 5.41) is 2.71. The molecule has 1 aliphatic carbocycles. The second-order valence-corrected chi connectivity index (χ2v) is 4.11. The van der Waals surface area contributed by atoms with E-state index in [-0.39, 0.29) is 18.3 Å². The standard InChI is InChI=1S/C12H16N2O3/c1-17-11(15)6-7-13-12(16)10-3-2-8-14(10)9-4-5-9/h2-3,8-9H,4-7H2,1H3,(H,13,16). The van der Waals surface area contributed by atoms with E-state index in [4.69, 9.17) is 0 Å². The number of esters is 1. The van der Waals surface area contributed by atoms with Crippen molar-refractivity contribution >= 4 is 11.9 Å². The van der Waals surface area contributed by atoms with E-state index in [1.807, 2.05) is 16.8 Å². The van der Waals surface area contributed by atoms with Crippen molar-refractivity contribution in [3.05, 3.63) is 24.0 Å². The normalized spacial score (nSPS) is 14.4. The van der Waals surface area contributed by atoms with Gasteiger partial charge in [-0.25, -0.2) is 0 Å². The molecule has 0 bridgehead atoms. The van der Waals surface area contributed by atoms with Gasteiger partial charge in [0.15, 0.2) is 0 Å². The van der Waals surface area contributed by atoms with Gasteiger partial charge in [-0.3, -0.25) is 9.59 Å². The van der Waals surface area contributed by atoms with E-state index in [0.29, 0.717) is 18.3 Å². The third-order valence-electron chi connectivity index (χ3n) is 2.79. The van der Waals surface area contributed by atoms with Gasteiger partial charge in [-0.15, -0.1) is 0 Å². The predicted molar refractivity (Wildman–Crippen MR) is 61.7 cm³/mol. The number of amides is 1. The van der Waals surface area contributed by atoms with Crippen molar-refractivity contribution in [1.82, 2.24) is 9.88 Å². The molecule has 1 aromatic rings. The van der Waals surface area contributed by atoms with Crippen molar-refractivity contribution in [2.24, 2.45) is 0 Å². The van der Waals surface area contributed by atoms with E-state index in [0.717, 1.165) is 12.8 Å². The number of nitrogens with zero attached hydrogens (tertiary/aromatic N) is 1. The number of hydrogen-bond donors (Lipinski definition) is 1. The Hall–Kier alpha value is -1.78. The van der Waals surface area contributed by atoms with Crippen LogP contribution in [0.2, 0.25) is 0 Å². The van der Waals surface area contributed by atoms with Gasteiger partial charge in [-0.1, -0.05) is 0 Å². The summed E-state index contributed by atoms with van der Waals surface area (Å²) in [6.07, 6.45) is 4.40. The van der Waals surface area contributed by atoms with Crippen molar-refractivity contribution < 1.29 is 14.3 Å². The lowest BCUT2D eigenvalue weighted by molar-refractivity contribution is -0.140. The first-order valence-corrected chi connectivity index (χ1v) is 5.74. The summed E-state index contributed by atoms with van der Waals surface area (Å²) in [6, 6.07) is 4.14. The summed E-state index contributed by atoms with van der Waals surface area (Å²) in [7, 11) is 1.34. The molecule has 1 heterocycles. The molecule has 0 aliphatic heterocycles. The number of ether oxygens (including phenoxy) is 1. The van der Waals surface area contributed by atoms with Crippen LogP contribution in [0.3, 0.4) is 0 Å². The summed E-state index contributed by atoms with van der Waals surface area (Å²) in [4.78, 5) is 22.7. The Balaban J connectivity index is 1.86. The summed E-state index contributed by atoms with van der Waals surface area (Å²) in [5.41, 5.74) is 0.664. The number of methoxy groups -OCH3 is 1. The van der Waals surface area contributed by atoms with Crippen LogP contribution in [0.15, 0.2) is 18.3 Å². The summed E-state index contributed by atoms with van der Waals surface area (Å²) < 4.78 is 6.49. The minimum absolute atomic E-state index is 0.134. The van der Waals surface area contributed by atoms with Crippen LogP contribution >= 0.6 is 0 Å². The third-order valence-corrected chi connectivity index (χ3v) is 2.79. The molecule has 0 spiro atoms. The average Bonchev–Trinajstić information content (AvgIpc) is 3.06. The monoisotopic (exact) mass is 236 g/mol. The van der Waals surface area contributed by atoms with Crippen LogP contribution in [0.4, 0.5) is 0 Å². The van der Waals surface area contributed by atoms with Crippen molar-refractivity contribution in [3.63, 3.8) is 0 Å². The first-order valence-electron chi connectivity index (χ1n) is 5.74. The Bertz CT molecular complexity index is 421. The van der Waals surface area contributed by atoms with Gasteiger partial charge >= 0.3 is 5.97 Å². The SMILES string of the molecule is COC(=O)CCNC(=O)c1cccn1C1CC1. The summed E-state index contributed by atoms with van der Waals surface area (Å²) in [5.74, 6) is -0.450. The topological polar surface area (TPSA) is 60.3 Å². The molecule has 5 heteroatoms. The van der Waals surface area contributed by atoms with Crippen molar-refractivity contribution in [2.75, 3.05) is 13.7 Å². The maximum absolute atomic E-state index is 11.8. The molecule has 5 nitrogen and oxygen atoms in total. The summed E-state index contributed by atoms with van der Waals surface area (Å²) >= 11 is 0. The number of hydrogen-bond acceptors (Lipinski definition) is 3. The summed E-state index contributed by atoms with van der Waals surface area (Å²) in [6.45, 7) is 0.307. The highest BCUT2D eigenvalue weighted by molar-refractivity contribution is 5.93. The van der Waals surface area contributed by atoms with E-state index in [1.54, 1.807) is 6.07 Å². The number of rotatable bonds is 5. The highest BCUT2D eigenvalue weighted by atomic mass is 16.5. The average molecular weight is 236 g/mol. The number of carbonyl (C=O) groups excluding carboxylic acids is 2. The van der Waals surface area contributed by atoms with Crippen LogP contribution in [0, 0.1) is 0 Å². The predicted octanol–water partition coefficient (Wildman–Crippen LogP) is 1.12. The van der Waals surface area contributed by atoms with Crippen LogP contribution in [-0.2, 0) is 9.53 Å². The molecule has 92 valence electrons. The van der Waals surface area contributed by atoms with Crippen molar-refractivity contribution in [1.29, 1.82) is 0 Å². The Morgan fingerprint density at radius 2 is 2.29 bits per heavy atom. The maximum atomic E-state index is 11.8. The van der Waals surface area contributed by atoms with Gasteiger partial charge < -0.3 is 14.6 Å². The fraction of sp³-hybridized carbons (Fsp3) is 0.500. The van der Waals surface area contributed by atoms with Crippen molar-refractivity contribution in [3.8, 4) is 0 Å². The van der Waals surface area contributed by atoms with Gasteiger partial charge in [0, 0.05) is 18.8 Å². The Morgan fingerprint density at radius 3 is 2.94 bits per heavy atom. The molecule has 1 fully saturated rings. The Morgan fingerprint density at radius 1 is 1.53 bits per heavy atom. The zero-order valence-corrected chi connectivity index (χ0v) is 9.81. The number of carbonyl (C=O) groups is 2. The number of nitrogens with one attached hydrogen (secondary N) is 1. The molecule has 1 saturated carbocycles. The van der Waals surface area contributed by atoms with Gasteiger partial charge in [0.25, 0.3) is 5.91 Å². The lowest BCUT2D eigenvalue weighted by Gasteiger charge is -2.08. The largest absolute Gasteiger partial charge is 0.469 e. The second-order valence-electron chi connectivity index (χ2n) is 4.11. The molecular formula is C12H16N2O3. The van der Waals surface area contributed by atoms with Gasteiger partial charge in [-0.2, -0.15) is 0 Å². The molecule has 1 N–H and O–H groups in total. The van der Waals surface area contributed by atoms with E-state index in [1.165, 1.54) is 7.11 Å². The van der Waals surface area contributed by atoms with Crippen LogP contribution in [0.25, 0.3) is 0 Å². The maximum Gasteiger partial charge on any atom is 0.307 e. The highest BCUT2D eigenvalue weighted by Crippen LogP contribution is 2.35. The van der Waals surface area contributed by atoms with Gasteiger partial charge in [0.2, 0.25) is 0 Å². The molecule has 0 saturated heterocycles. The zero-order valence-electron chi connectivity index (χ0n) is 9.81. The van der Waals surface area contributed by atoms with Crippen LogP contribution in [0.1, 0.15) is 35.8 Å². The molecule has 0 unspecified atom stereocenters. The molecule has 17 heavy (non-hydrogen) atoms. The Labute approximate surface area is 99.8 Å². The first kappa shape index (κ1) is 11.7. The van der Waals surface area contributed by atoms with Crippen molar-refractivity contribution in [2.45, 2.75) is 25.3 Å². The lowest BCUT2D eigenvalue weighted by atomic mass is 10.3. The molecule has 1 aromatic heterocycles. The third kappa shape index (κ3) is 2.87. The molecule has 0 radical (unpaired) electrons. The molecule has 2 rings (SSSR count). The molecule has 0 aromatic carbocycles. The molecule has 0 atom stereocenters. The first-order chi connectivity index (χ1) is 8.22.